The standard InChI is InChI=1S/C25H29ClFN3O4/c1-25(2,34-3)13-12-20-21(22(31)28-14-16-4-8-18(9-5-16)23(32)33)30(24(26)29-20)15-17-6-10-19(27)11-7-17/h6-7,10-11,16,18H,4-5,8-9,14-15H2,1-3H3,(H,28,31)(H,32,33)/t16-,18-. The molecule has 1 aliphatic carbocycles. The first kappa shape index (κ1) is 25.7. The lowest BCUT2D eigenvalue weighted by atomic mass is 9.82. The third-order valence-electron chi connectivity index (χ3n) is 6.13. The Bertz CT molecular complexity index is 1090. The first-order valence-electron chi connectivity index (χ1n) is 11.2. The highest BCUT2D eigenvalue weighted by atomic mass is 35.5. The van der Waals surface area contributed by atoms with Crippen LogP contribution in [-0.4, -0.2) is 45.8 Å². The van der Waals surface area contributed by atoms with Crippen LogP contribution in [-0.2, 0) is 16.1 Å². The molecular weight excluding hydrogens is 461 g/mol. The number of ether oxygens (including phenoxy) is 1. The van der Waals surface area contributed by atoms with Crippen LogP contribution in [0.1, 0.15) is 61.3 Å². The molecule has 1 aromatic heterocycles. The van der Waals surface area contributed by atoms with Gasteiger partial charge in [0.2, 0.25) is 5.28 Å². The van der Waals surface area contributed by atoms with Gasteiger partial charge in [-0.25, -0.2) is 9.37 Å². The Kier molecular flexibility index (Phi) is 8.34. The van der Waals surface area contributed by atoms with Gasteiger partial charge in [0.05, 0.1) is 12.5 Å². The lowest BCUT2D eigenvalue weighted by Crippen LogP contribution is -2.34. The minimum absolute atomic E-state index is 0.0935. The van der Waals surface area contributed by atoms with Crippen LogP contribution >= 0.6 is 11.6 Å². The van der Waals surface area contributed by atoms with Crippen LogP contribution in [0.3, 0.4) is 0 Å². The quantitative estimate of drug-likeness (QED) is 0.570. The number of carbonyl (C=O) groups is 2. The highest BCUT2D eigenvalue weighted by Crippen LogP contribution is 2.28. The Balaban J connectivity index is 1.83. The van der Waals surface area contributed by atoms with Gasteiger partial charge in [-0.15, -0.1) is 0 Å². The van der Waals surface area contributed by atoms with Crippen LogP contribution in [0.2, 0.25) is 5.28 Å². The molecule has 3 rings (SSSR count). The van der Waals surface area contributed by atoms with Crippen molar-refractivity contribution in [2.45, 2.75) is 51.7 Å². The van der Waals surface area contributed by atoms with E-state index in [9.17, 15) is 19.1 Å². The fraction of sp³-hybridized carbons (Fsp3) is 0.480. The molecule has 1 amide bonds. The number of carbonyl (C=O) groups excluding carboxylic acids is 1. The number of rotatable bonds is 7. The molecule has 0 aliphatic heterocycles. The Morgan fingerprint density at radius 2 is 1.91 bits per heavy atom. The molecule has 1 fully saturated rings. The van der Waals surface area contributed by atoms with Crippen molar-refractivity contribution < 1.29 is 23.8 Å². The molecule has 0 atom stereocenters. The highest BCUT2D eigenvalue weighted by molar-refractivity contribution is 6.29. The molecule has 2 aromatic rings. The van der Waals surface area contributed by atoms with Crippen molar-refractivity contribution in [3.05, 3.63) is 52.3 Å². The van der Waals surface area contributed by atoms with E-state index in [2.05, 4.69) is 22.1 Å². The molecule has 1 aliphatic rings. The zero-order valence-electron chi connectivity index (χ0n) is 19.5. The van der Waals surface area contributed by atoms with E-state index >= 15 is 0 Å². The van der Waals surface area contributed by atoms with Crippen LogP contribution in [0.4, 0.5) is 4.39 Å². The van der Waals surface area contributed by atoms with E-state index in [1.807, 2.05) is 0 Å². The van der Waals surface area contributed by atoms with Crippen molar-refractivity contribution >= 4 is 23.5 Å². The fourth-order valence-electron chi connectivity index (χ4n) is 3.85. The summed E-state index contributed by atoms with van der Waals surface area (Å²) in [6, 6.07) is 5.92. The van der Waals surface area contributed by atoms with Gasteiger partial charge in [-0.1, -0.05) is 18.1 Å². The monoisotopic (exact) mass is 489 g/mol. The Labute approximate surface area is 203 Å². The second-order valence-corrected chi connectivity index (χ2v) is 9.36. The highest BCUT2D eigenvalue weighted by Gasteiger charge is 2.27. The largest absolute Gasteiger partial charge is 0.481 e. The third-order valence-corrected chi connectivity index (χ3v) is 6.42. The summed E-state index contributed by atoms with van der Waals surface area (Å²) in [4.78, 5) is 28.8. The lowest BCUT2D eigenvalue weighted by molar-refractivity contribution is -0.143. The molecule has 0 spiro atoms. The summed E-state index contributed by atoms with van der Waals surface area (Å²) in [5.41, 5.74) is 0.444. The van der Waals surface area contributed by atoms with Crippen LogP contribution in [0.5, 0.6) is 0 Å². The second kappa shape index (κ2) is 11.0. The van der Waals surface area contributed by atoms with Gasteiger partial charge in [0.1, 0.15) is 22.8 Å². The van der Waals surface area contributed by atoms with Crippen LogP contribution in [0.25, 0.3) is 0 Å². The Hall–Kier alpha value is -2.89. The molecule has 1 saturated carbocycles. The molecule has 7 nitrogen and oxygen atoms in total. The summed E-state index contributed by atoms with van der Waals surface area (Å²) in [7, 11) is 1.54. The number of halogens is 2. The minimum Gasteiger partial charge on any atom is -0.481 e. The molecule has 0 bridgehead atoms. The number of nitrogens with one attached hydrogen (secondary N) is 1. The van der Waals surface area contributed by atoms with Crippen molar-refractivity contribution in [2.75, 3.05) is 13.7 Å². The molecule has 9 heteroatoms. The Morgan fingerprint density at radius 3 is 2.50 bits per heavy atom. The number of aliphatic carboxylic acids is 1. The lowest BCUT2D eigenvalue weighted by Gasteiger charge is -2.26. The van der Waals surface area contributed by atoms with Crippen molar-refractivity contribution in [1.82, 2.24) is 14.9 Å². The summed E-state index contributed by atoms with van der Waals surface area (Å²) in [5.74, 6) is 4.28. The Morgan fingerprint density at radius 1 is 1.26 bits per heavy atom. The second-order valence-electron chi connectivity index (χ2n) is 9.02. The molecule has 1 aromatic carbocycles. The molecular formula is C25H29ClFN3O4. The zero-order valence-corrected chi connectivity index (χ0v) is 20.3. The summed E-state index contributed by atoms with van der Waals surface area (Å²) in [6.45, 7) is 4.23. The molecule has 2 N–H and O–H groups in total. The number of carboxylic acid groups (broad SMARTS) is 1. The molecule has 1 heterocycles. The van der Waals surface area contributed by atoms with Crippen molar-refractivity contribution in [1.29, 1.82) is 0 Å². The van der Waals surface area contributed by atoms with Crippen molar-refractivity contribution in [3.63, 3.8) is 0 Å². The first-order chi connectivity index (χ1) is 16.1. The zero-order chi connectivity index (χ0) is 24.9. The average molecular weight is 490 g/mol. The average Bonchev–Trinajstić information content (AvgIpc) is 3.13. The summed E-state index contributed by atoms with van der Waals surface area (Å²) >= 11 is 6.40. The van der Waals surface area contributed by atoms with Gasteiger partial charge in [0.15, 0.2) is 0 Å². The van der Waals surface area contributed by atoms with E-state index in [0.29, 0.717) is 19.4 Å². The van der Waals surface area contributed by atoms with E-state index < -0.39 is 11.6 Å². The van der Waals surface area contributed by atoms with Gasteiger partial charge in [-0.05, 0) is 80.7 Å². The molecule has 0 radical (unpaired) electrons. The molecule has 34 heavy (non-hydrogen) atoms. The van der Waals surface area contributed by atoms with Gasteiger partial charge in [-0.2, -0.15) is 0 Å². The van der Waals surface area contributed by atoms with Crippen molar-refractivity contribution in [2.24, 2.45) is 11.8 Å². The number of amides is 1. The summed E-state index contributed by atoms with van der Waals surface area (Å²) in [6.07, 6.45) is 2.68. The first-order valence-corrected chi connectivity index (χ1v) is 11.6. The smallest absolute Gasteiger partial charge is 0.306 e. The van der Waals surface area contributed by atoms with E-state index in [4.69, 9.17) is 16.3 Å². The number of nitrogens with zero attached hydrogens (tertiary/aromatic N) is 2. The maximum atomic E-state index is 13.3. The van der Waals surface area contributed by atoms with Crippen molar-refractivity contribution in [3.8, 4) is 11.8 Å². The number of imidazole rings is 1. The van der Waals surface area contributed by atoms with Gasteiger partial charge >= 0.3 is 5.97 Å². The number of hydrogen-bond donors (Lipinski definition) is 2. The van der Waals surface area contributed by atoms with Gasteiger partial charge < -0.3 is 19.7 Å². The summed E-state index contributed by atoms with van der Waals surface area (Å²) < 4.78 is 20.2. The number of benzene rings is 1. The molecule has 0 unspecified atom stereocenters. The predicted molar refractivity (Wildman–Crippen MR) is 126 cm³/mol. The number of carboxylic acids is 1. The fourth-order valence-corrected chi connectivity index (χ4v) is 4.08. The maximum Gasteiger partial charge on any atom is 0.306 e. The topological polar surface area (TPSA) is 93.5 Å². The number of methoxy groups -OCH3 is 1. The maximum absolute atomic E-state index is 13.3. The van der Waals surface area contributed by atoms with Gasteiger partial charge in [0, 0.05) is 13.7 Å². The SMILES string of the molecule is COC(C)(C)C#Cc1nc(Cl)n(Cc2ccc(F)cc2)c1C(=O)NC[C@H]1CC[C@H](C(=O)O)CC1. The van der Waals surface area contributed by atoms with Gasteiger partial charge in [-0.3, -0.25) is 9.59 Å². The number of aromatic nitrogens is 2. The predicted octanol–water partition coefficient (Wildman–Crippen LogP) is 4.12. The third kappa shape index (κ3) is 6.58. The van der Waals surface area contributed by atoms with Crippen LogP contribution in [0, 0.1) is 29.5 Å². The van der Waals surface area contributed by atoms with E-state index in [-0.39, 0.29) is 46.8 Å². The van der Waals surface area contributed by atoms with E-state index in [0.717, 1.165) is 18.4 Å². The van der Waals surface area contributed by atoms with E-state index in [1.165, 1.54) is 12.1 Å². The summed E-state index contributed by atoms with van der Waals surface area (Å²) in [5, 5.41) is 12.2. The van der Waals surface area contributed by atoms with Crippen LogP contribution in [0.15, 0.2) is 24.3 Å². The van der Waals surface area contributed by atoms with E-state index in [1.54, 1.807) is 37.7 Å². The van der Waals surface area contributed by atoms with Crippen LogP contribution < -0.4 is 5.32 Å². The molecule has 182 valence electrons. The van der Waals surface area contributed by atoms with Gasteiger partial charge in [0.25, 0.3) is 5.91 Å². The normalized spacial score (nSPS) is 18.1. The number of hydrogen-bond acceptors (Lipinski definition) is 4. The minimum atomic E-state index is -0.760. The molecule has 0 saturated heterocycles.